The van der Waals surface area contributed by atoms with Gasteiger partial charge in [0.15, 0.2) is 0 Å². The van der Waals surface area contributed by atoms with Crippen LogP contribution in [0.4, 0.5) is 0 Å². The third-order valence-corrected chi connectivity index (χ3v) is 3.93. The molecule has 0 aliphatic heterocycles. The Morgan fingerprint density at radius 3 is 2.94 bits per heavy atom. The number of Topliss-reactive ketones (excluding diaryl/α,β-unsaturated/α-hetero) is 1. The first-order chi connectivity index (χ1) is 8.15. The molecule has 2 rings (SSSR count). The Kier molecular flexibility index (Phi) is 3.89. The van der Waals surface area contributed by atoms with Crippen LogP contribution in [0.15, 0.2) is 0 Å². The second-order valence-corrected chi connectivity index (χ2v) is 5.48. The van der Waals surface area contributed by atoms with E-state index in [1.807, 2.05) is 0 Å². The minimum atomic E-state index is -0.193. The number of carbonyl (C=O) groups is 2. The molecular formula is C12H16N2O2S. The Hall–Kier alpha value is -1.23. The minimum absolute atomic E-state index is 0.0195. The van der Waals surface area contributed by atoms with E-state index in [0.717, 1.165) is 24.3 Å². The quantitative estimate of drug-likeness (QED) is 0.803. The molecule has 92 valence electrons. The van der Waals surface area contributed by atoms with Crippen LogP contribution in [0.5, 0.6) is 0 Å². The molecule has 0 unspecified atom stereocenters. The number of aryl methyl sites for hydroxylation is 2. The number of ketones is 1. The summed E-state index contributed by atoms with van der Waals surface area (Å²) in [6.45, 7) is 1.99. The van der Waals surface area contributed by atoms with E-state index in [0.29, 0.717) is 6.54 Å². The van der Waals surface area contributed by atoms with Gasteiger partial charge in [-0.2, -0.15) is 0 Å². The number of amides is 1. The molecule has 0 saturated carbocycles. The molecule has 5 heteroatoms. The summed E-state index contributed by atoms with van der Waals surface area (Å²) in [6, 6.07) is 0. The highest BCUT2D eigenvalue weighted by Crippen LogP contribution is 2.27. The van der Waals surface area contributed by atoms with Gasteiger partial charge in [0, 0.05) is 17.8 Å². The third-order valence-electron chi connectivity index (χ3n) is 2.71. The molecule has 0 aromatic carbocycles. The Balaban J connectivity index is 1.74. The van der Waals surface area contributed by atoms with E-state index < -0.39 is 0 Å². The Morgan fingerprint density at radius 2 is 2.24 bits per heavy atom. The fourth-order valence-electron chi connectivity index (χ4n) is 1.95. The molecule has 1 N–H and O–H groups in total. The van der Waals surface area contributed by atoms with Crippen LogP contribution in [-0.4, -0.2) is 23.2 Å². The van der Waals surface area contributed by atoms with Crippen LogP contribution in [0.25, 0.3) is 0 Å². The van der Waals surface area contributed by atoms with E-state index in [1.54, 1.807) is 11.3 Å². The lowest BCUT2D eigenvalue weighted by Crippen LogP contribution is -2.27. The monoisotopic (exact) mass is 252 g/mol. The summed E-state index contributed by atoms with van der Waals surface area (Å²) in [5, 5.41) is 3.83. The predicted molar refractivity (Wildman–Crippen MR) is 66.2 cm³/mol. The van der Waals surface area contributed by atoms with Gasteiger partial charge in [0.05, 0.1) is 17.1 Å². The number of rotatable bonds is 5. The van der Waals surface area contributed by atoms with Crippen molar-refractivity contribution in [2.45, 2.75) is 39.0 Å². The van der Waals surface area contributed by atoms with Gasteiger partial charge in [0.2, 0.25) is 5.91 Å². The van der Waals surface area contributed by atoms with Gasteiger partial charge in [-0.25, -0.2) is 4.98 Å². The van der Waals surface area contributed by atoms with Gasteiger partial charge in [-0.05, 0) is 26.2 Å². The number of fused-ring (bicyclic) bond motifs is 1. The molecule has 1 heterocycles. The van der Waals surface area contributed by atoms with E-state index in [2.05, 4.69) is 10.3 Å². The number of aromatic nitrogens is 1. The first-order valence-corrected chi connectivity index (χ1v) is 6.70. The minimum Gasteiger partial charge on any atom is -0.355 e. The zero-order valence-corrected chi connectivity index (χ0v) is 10.7. The maximum absolute atomic E-state index is 11.2. The second-order valence-electron chi connectivity index (χ2n) is 4.31. The number of carbonyl (C=O) groups excluding carboxylic acids is 2. The van der Waals surface area contributed by atoms with E-state index in [9.17, 15) is 9.59 Å². The van der Waals surface area contributed by atoms with E-state index in [-0.39, 0.29) is 18.1 Å². The summed E-state index contributed by atoms with van der Waals surface area (Å²) >= 11 is 1.76. The summed E-state index contributed by atoms with van der Waals surface area (Å²) in [5.41, 5.74) is 1.25. The average molecular weight is 252 g/mol. The molecule has 1 amide bonds. The third kappa shape index (κ3) is 3.36. The molecule has 4 nitrogen and oxygen atoms in total. The Morgan fingerprint density at radius 1 is 1.41 bits per heavy atom. The molecule has 0 fully saturated rings. The number of hydrogen-bond donors (Lipinski definition) is 1. The normalized spacial score (nSPS) is 13.5. The Bertz CT molecular complexity index is 418. The van der Waals surface area contributed by atoms with Crippen molar-refractivity contribution in [1.82, 2.24) is 10.3 Å². The van der Waals surface area contributed by atoms with Gasteiger partial charge < -0.3 is 5.32 Å². The largest absolute Gasteiger partial charge is 0.355 e. The van der Waals surface area contributed by atoms with Crippen molar-refractivity contribution in [2.75, 3.05) is 6.54 Å². The summed E-state index contributed by atoms with van der Waals surface area (Å²) in [6.07, 6.45) is 4.23. The number of hydrogen-bond acceptors (Lipinski definition) is 4. The van der Waals surface area contributed by atoms with Crippen molar-refractivity contribution in [3.63, 3.8) is 0 Å². The number of thiazole rings is 1. The van der Waals surface area contributed by atoms with Crippen molar-refractivity contribution in [3.8, 4) is 0 Å². The van der Waals surface area contributed by atoms with E-state index in [1.165, 1.54) is 23.9 Å². The molecule has 1 aliphatic rings. The summed E-state index contributed by atoms with van der Waals surface area (Å²) in [5.74, 6) is -0.294. The summed E-state index contributed by atoms with van der Waals surface area (Å²) in [4.78, 5) is 27.9. The molecule has 1 aromatic heterocycles. The maximum atomic E-state index is 11.2. The molecular weight excluding hydrogens is 236 g/mol. The van der Waals surface area contributed by atoms with Gasteiger partial charge in [0.25, 0.3) is 0 Å². The summed E-state index contributed by atoms with van der Waals surface area (Å²) in [7, 11) is 0. The molecule has 0 radical (unpaired) electrons. The standard InChI is InChI=1S/C12H16N2O2S/c1-8(15)7-11(16)13-6-5-12-14-9-3-2-4-10(9)17-12/h2-7H2,1H3,(H,13,16). The van der Waals surface area contributed by atoms with Crippen LogP contribution in [0.3, 0.4) is 0 Å². The van der Waals surface area contributed by atoms with Crippen molar-refractivity contribution >= 4 is 23.0 Å². The van der Waals surface area contributed by atoms with Crippen molar-refractivity contribution in [3.05, 3.63) is 15.6 Å². The van der Waals surface area contributed by atoms with Gasteiger partial charge in [0.1, 0.15) is 5.78 Å². The summed E-state index contributed by atoms with van der Waals surface area (Å²) < 4.78 is 0. The van der Waals surface area contributed by atoms with E-state index in [4.69, 9.17) is 0 Å². The molecule has 0 atom stereocenters. The van der Waals surface area contributed by atoms with Gasteiger partial charge in [-0.15, -0.1) is 11.3 Å². The molecule has 0 saturated heterocycles. The van der Waals surface area contributed by atoms with Crippen molar-refractivity contribution in [2.24, 2.45) is 0 Å². The van der Waals surface area contributed by atoms with E-state index >= 15 is 0 Å². The maximum Gasteiger partial charge on any atom is 0.227 e. The molecule has 17 heavy (non-hydrogen) atoms. The lowest BCUT2D eigenvalue weighted by atomic mass is 10.3. The number of nitrogens with one attached hydrogen (secondary N) is 1. The second kappa shape index (κ2) is 5.40. The smallest absolute Gasteiger partial charge is 0.227 e. The zero-order chi connectivity index (χ0) is 12.3. The highest BCUT2D eigenvalue weighted by atomic mass is 32.1. The van der Waals surface area contributed by atoms with Crippen molar-refractivity contribution < 1.29 is 9.59 Å². The topological polar surface area (TPSA) is 59.1 Å². The van der Waals surface area contributed by atoms with Crippen LogP contribution >= 0.6 is 11.3 Å². The predicted octanol–water partition coefficient (Wildman–Crippen LogP) is 1.27. The van der Waals surface area contributed by atoms with Crippen LogP contribution in [0, 0.1) is 0 Å². The lowest BCUT2D eigenvalue weighted by molar-refractivity contribution is -0.127. The average Bonchev–Trinajstić information content (AvgIpc) is 2.76. The van der Waals surface area contributed by atoms with Gasteiger partial charge in [-0.1, -0.05) is 0 Å². The fraction of sp³-hybridized carbons (Fsp3) is 0.583. The first kappa shape index (κ1) is 12.2. The first-order valence-electron chi connectivity index (χ1n) is 5.89. The molecule has 1 aliphatic carbocycles. The van der Waals surface area contributed by atoms with Crippen LogP contribution < -0.4 is 5.32 Å². The van der Waals surface area contributed by atoms with Gasteiger partial charge in [-0.3, -0.25) is 9.59 Å². The molecule has 1 aromatic rings. The fourth-order valence-corrected chi connectivity index (χ4v) is 3.10. The van der Waals surface area contributed by atoms with Crippen LogP contribution in [0.2, 0.25) is 0 Å². The lowest BCUT2D eigenvalue weighted by Gasteiger charge is -2.01. The van der Waals surface area contributed by atoms with Crippen LogP contribution in [-0.2, 0) is 28.9 Å². The molecule has 0 spiro atoms. The Labute approximate surface area is 104 Å². The highest BCUT2D eigenvalue weighted by molar-refractivity contribution is 7.11. The highest BCUT2D eigenvalue weighted by Gasteiger charge is 2.16. The molecule has 0 bridgehead atoms. The van der Waals surface area contributed by atoms with Crippen molar-refractivity contribution in [1.29, 1.82) is 0 Å². The van der Waals surface area contributed by atoms with Gasteiger partial charge >= 0.3 is 0 Å². The van der Waals surface area contributed by atoms with Crippen LogP contribution in [0.1, 0.15) is 35.3 Å². The SMILES string of the molecule is CC(=O)CC(=O)NCCc1nc2c(s1)CCC2. The number of nitrogens with zero attached hydrogens (tertiary/aromatic N) is 1. The zero-order valence-electron chi connectivity index (χ0n) is 9.91.